The Labute approximate surface area is 88.9 Å². The van der Waals surface area contributed by atoms with Crippen molar-refractivity contribution in [1.29, 1.82) is 0 Å². The Hall–Kier alpha value is -1.85. The van der Waals surface area contributed by atoms with Gasteiger partial charge < -0.3 is 4.52 Å². The quantitative estimate of drug-likeness (QED) is 0.752. The highest BCUT2D eigenvalue weighted by atomic mass is 19.4. The van der Waals surface area contributed by atoms with Crippen molar-refractivity contribution < 1.29 is 17.7 Å². The summed E-state index contributed by atoms with van der Waals surface area (Å²) in [5.41, 5.74) is 1.41. The molecule has 0 aliphatic carbocycles. The number of hydrogen-bond donors (Lipinski definition) is 0. The molecular weight excluding hydrogens is 221 g/mol. The second-order valence-corrected chi connectivity index (χ2v) is 3.29. The highest BCUT2D eigenvalue weighted by Gasteiger charge is 2.38. The maximum Gasteiger partial charge on any atom is 0.471 e. The summed E-state index contributed by atoms with van der Waals surface area (Å²) in [5.74, 6) is -1.39. The molecule has 2 rings (SSSR count). The Morgan fingerprint density at radius 1 is 1.25 bits per heavy atom. The van der Waals surface area contributed by atoms with Crippen LogP contribution < -0.4 is 0 Å². The van der Waals surface area contributed by atoms with Crippen LogP contribution in [0.15, 0.2) is 28.8 Å². The van der Waals surface area contributed by atoms with Gasteiger partial charge in [-0.25, -0.2) is 0 Å². The number of nitrogens with zero attached hydrogens (tertiary/aromatic N) is 2. The largest absolute Gasteiger partial charge is 0.471 e. The van der Waals surface area contributed by atoms with Crippen LogP contribution >= 0.6 is 0 Å². The topological polar surface area (TPSA) is 38.9 Å². The van der Waals surface area contributed by atoms with Gasteiger partial charge in [0, 0.05) is 5.56 Å². The highest BCUT2D eigenvalue weighted by Crippen LogP contribution is 2.29. The van der Waals surface area contributed by atoms with E-state index in [4.69, 9.17) is 0 Å². The molecule has 6 heteroatoms. The average molecular weight is 228 g/mol. The second-order valence-electron chi connectivity index (χ2n) is 3.29. The molecule has 0 spiro atoms. The van der Waals surface area contributed by atoms with Crippen LogP contribution in [0.2, 0.25) is 0 Å². The van der Waals surface area contributed by atoms with Crippen molar-refractivity contribution in [3.05, 3.63) is 35.7 Å². The lowest BCUT2D eigenvalue weighted by atomic mass is 10.1. The Bertz CT molecular complexity index is 505. The fourth-order valence-electron chi connectivity index (χ4n) is 1.24. The molecule has 0 amide bonds. The average Bonchev–Trinajstić information content (AvgIpc) is 2.65. The van der Waals surface area contributed by atoms with Crippen molar-refractivity contribution in [2.45, 2.75) is 13.1 Å². The molecule has 1 heterocycles. The minimum Gasteiger partial charge on any atom is -0.329 e. The van der Waals surface area contributed by atoms with Crippen LogP contribution in [0, 0.1) is 6.92 Å². The van der Waals surface area contributed by atoms with E-state index in [2.05, 4.69) is 14.7 Å². The second kappa shape index (κ2) is 3.62. The van der Waals surface area contributed by atoms with Gasteiger partial charge in [0.1, 0.15) is 0 Å². The first-order valence-electron chi connectivity index (χ1n) is 4.45. The summed E-state index contributed by atoms with van der Waals surface area (Å²) in [7, 11) is 0. The van der Waals surface area contributed by atoms with Gasteiger partial charge in [0.15, 0.2) is 0 Å². The van der Waals surface area contributed by atoms with Crippen LogP contribution in [0.3, 0.4) is 0 Å². The molecule has 16 heavy (non-hydrogen) atoms. The lowest BCUT2D eigenvalue weighted by Crippen LogP contribution is -2.04. The third kappa shape index (κ3) is 2.05. The van der Waals surface area contributed by atoms with Crippen molar-refractivity contribution >= 4 is 0 Å². The highest BCUT2D eigenvalue weighted by molar-refractivity contribution is 5.55. The van der Waals surface area contributed by atoms with Crippen LogP contribution in [0.5, 0.6) is 0 Å². The van der Waals surface area contributed by atoms with E-state index < -0.39 is 12.1 Å². The van der Waals surface area contributed by atoms with Gasteiger partial charge in [0.2, 0.25) is 5.82 Å². The van der Waals surface area contributed by atoms with Crippen molar-refractivity contribution in [3.63, 3.8) is 0 Å². The number of benzene rings is 1. The van der Waals surface area contributed by atoms with E-state index in [1.807, 2.05) is 13.0 Å². The van der Waals surface area contributed by atoms with E-state index in [1.165, 1.54) is 0 Å². The maximum absolute atomic E-state index is 12.2. The third-order valence-electron chi connectivity index (χ3n) is 1.94. The van der Waals surface area contributed by atoms with E-state index in [0.717, 1.165) is 5.56 Å². The van der Waals surface area contributed by atoms with Gasteiger partial charge in [0.25, 0.3) is 0 Å². The fraction of sp³-hybridized carbons (Fsp3) is 0.200. The van der Waals surface area contributed by atoms with Crippen LogP contribution in [-0.2, 0) is 6.18 Å². The summed E-state index contributed by atoms with van der Waals surface area (Å²) in [6, 6.07) is 6.85. The minimum atomic E-state index is -4.60. The number of aromatic nitrogens is 2. The first-order valence-corrected chi connectivity index (χ1v) is 4.45. The normalized spacial score (nSPS) is 11.8. The van der Waals surface area contributed by atoms with E-state index in [0.29, 0.717) is 5.56 Å². The summed E-state index contributed by atoms with van der Waals surface area (Å²) < 4.78 is 40.7. The summed E-state index contributed by atoms with van der Waals surface area (Å²) >= 11 is 0. The molecule has 0 atom stereocenters. The summed E-state index contributed by atoms with van der Waals surface area (Å²) in [4.78, 5) is 3.29. The molecule has 0 bridgehead atoms. The van der Waals surface area contributed by atoms with Gasteiger partial charge in [-0.2, -0.15) is 18.2 Å². The molecule has 0 unspecified atom stereocenters. The van der Waals surface area contributed by atoms with Crippen LogP contribution in [-0.4, -0.2) is 10.1 Å². The molecule has 0 fully saturated rings. The number of alkyl halides is 3. The predicted molar refractivity (Wildman–Crippen MR) is 49.5 cm³/mol. The molecule has 84 valence electrons. The van der Waals surface area contributed by atoms with E-state index >= 15 is 0 Å². The molecule has 1 aromatic heterocycles. The first-order chi connectivity index (χ1) is 7.47. The molecular formula is C10H7F3N2O. The standard InChI is InChI=1S/C10H7F3N2O/c1-6-3-2-4-7(5-6)8-14-9(16-15-8)10(11,12)13/h2-5H,1H3. The van der Waals surface area contributed by atoms with Gasteiger partial charge in [-0.15, -0.1) is 0 Å². The van der Waals surface area contributed by atoms with E-state index in [9.17, 15) is 13.2 Å². The van der Waals surface area contributed by atoms with Gasteiger partial charge >= 0.3 is 12.1 Å². The predicted octanol–water partition coefficient (Wildman–Crippen LogP) is 3.06. The first kappa shape index (κ1) is 10.7. The van der Waals surface area contributed by atoms with Crippen LogP contribution in [0.25, 0.3) is 11.4 Å². The molecule has 2 aromatic rings. The zero-order chi connectivity index (χ0) is 11.8. The van der Waals surface area contributed by atoms with Gasteiger partial charge in [-0.3, -0.25) is 0 Å². The molecule has 0 radical (unpaired) electrons. The molecule has 0 N–H and O–H groups in total. The fourth-order valence-corrected chi connectivity index (χ4v) is 1.24. The van der Waals surface area contributed by atoms with E-state index in [1.54, 1.807) is 18.2 Å². The summed E-state index contributed by atoms with van der Waals surface area (Å²) in [5, 5.41) is 3.29. The minimum absolute atomic E-state index is 0.0592. The molecule has 3 nitrogen and oxygen atoms in total. The molecule has 0 aliphatic rings. The zero-order valence-electron chi connectivity index (χ0n) is 8.25. The van der Waals surface area contributed by atoms with Crippen LogP contribution in [0.4, 0.5) is 13.2 Å². The Morgan fingerprint density at radius 2 is 2.00 bits per heavy atom. The van der Waals surface area contributed by atoms with E-state index in [-0.39, 0.29) is 5.82 Å². The monoisotopic (exact) mass is 228 g/mol. The van der Waals surface area contributed by atoms with Crippen LogP contribution in [0.1, 0.15) is 11.5 Å². The SMILES string of the molecule is Cc1cccc(-c2noc(C(F)(F)F)n2)c1. The smallest absolute Gasteiger partial charge is 0.329 e. The number of aryl methyl sites for hydroxylation is 1. The number of hydrogen-bond acceptors (Lipinski definition) is 3. The van der Waals surface area contributed by atoms with Gasteiger partial charge in [-0.1, -0.05) is 28.9 Å². The summed E-state index contributed by atoms with van der Waals surface area (Å²) in [6.07, 6.45) is -4.60. The van der Waals surface area contributed by atoms with Gasteiger partial charge in [0.05, 0.1) is 0 Å². The molecule has 0 saturated heterocycles. The Kier molecular flexibility index (Phi) is 2.41. The lowest BCUT2D eigenvalue weighted by Gasteiger charge is -1.97. The molecule has 0 aliphatic heterocycles. The van der Waals surface area contributed by atoms with Crippen molar-refractivity contribution in [2.24, 2.45) is 0 Å². The van der Waals surface area contributed by atoms with Crippen molar-refractivity contribution in [3.8, 4) is 11.4 Å². The lowest BCUT2D eigenvalue weighted by molar-refractivity contribution is -0.159. The number of halogens is 3. The Morgan fingerprint density at radius 3 is 2.56 bits per heavy atom. The summed E-state index contributed by atoms with van der Waals surface area (Å²) in [6.45, 7) is 1.83. The van der Waals surface area contributed by atoms with Crippen molar-refractivity contribution in [1.82, 2.24) is 10.1 Å². The molecule has 1 aromatic carbocycles. The number of rotatable bonds is 1. The Balaban J connectivity index is 2.39. The third-order valence-corrected chi connectivity index (χ3v) is 1.94. The van der Waals surface area contributed by atoms with Gasteiger partial charge in [-0.05, 0) is 13.0 Å². The van der Waals surface area contributed by atoms with Crippen molar-refractivity contribution in [2.75, 3.05) is 0 Å². The molecule has 0 saturated carbocycles. The zero-order valence-corrected chi connectivity index (χ0v) is 8.25. The maximum atomic E-state index is 12.2.